The maximum atomic E-state index is 14.0. The molecule has 1 fully saturated rings. The molecule has 5 rings (SSSR count). The summed E-state index contributed by atoms with van der Waals surface area (Å²) >= 11 is 8.21. The van der Waals surface area contributed by atoms with Gasteiger partial charge in [-0.25, -0.2) is 0 Å². The number of amides is 1. The Hall–Kier alpha value is -2.80. The first kappa shape index (κ1) is 23.0. The van der Waals surface area contributed by atoms with E-state index in [9.17, 15) is 4.79 Å². The Balaban J connectivity index is 1.47. The van der Waals surface area contributed by atoms with E-state index >= 15 is 0 Å². The fraction of sp³-hybridized carbons (Fsp3) is 0.296. The van der Waals surface area contributed by atoms with Crippen molar-refractivity contribution in [2.45, 2.75) is 44.3 Å². The van der Waals surface area contributed by atoms with E-state index in [2.05, 4.69) is 27.4 Å². The summed E-state index contributed by atoms with van der Waals surface area (Å²) < 4.78 is 1.04. The molecule has 0 bridgehead atoms. The highest BCUT2D eigenvalue weighted by Gasteiger charge is 2.31. The highest BCUT2D eigenvalue weighted by atomic mass is 35.5. The molecule has 1 aliphatic rings. The van der Waals surface area contributed by atoms with Crippen LogP contribution in [0.15, 0.2) is 67.1 Å². The second-order valence-corrected chi connectivity index (χ2v) is 10.2. The summed E-state index contributed by atoms with van der Waals surface area (Å²) in [6.07, 6.45) is 9.20. The molecule has 7 heteroatoms. The molecule has 1 amide bonds. The van der Waals surface area contributed by atoms with Crippen molar-refractivity contribution in [1.82, 2.24) is 20.2 Å². The summed E-state index contributed by atoms with van der Waals surface area (Å²) in [6, 6.07) is 16.9. The van der Waals surface area contributed by atoms with Crippen molar-refractivity contribution in [1.29, 1.82) is 0 Å². The number of nitrogens with zero attached hydrogens (tertiary/aromatic N) is 3. The molecule has 0 radical (unpaired) electrons. The van der Waals surface area contributed by atoms with Gasteiger partial charge < -0.3 is 10.2 Å². The second-order valence-electron chi connectivity index (χ2n) is 8.76. The van der Waals surface area contributed by atoms with Gasteiger partial charge in [-0.15, -0.1) is 11.3 Å². The van der Waals surface area contributed by atoms with Crippen LogP contribution < -0.4 is 5.32 Å². The van der Waals surface area contributed by atoms with E-state index in [0.29, 0.717) is 22.5 Å². The number of hydrogen-bond donors (Lipinski definition) is 1. The highest BCUT2D eigenvalue weighted by molar-refractivity contribution is 7.21. The van der Waals surface area contributed by atoms with Gasteiger partial charge in [0.15, 0.2) is 0 Å². The normalized spacial score (nSPS) is 18.2. The number of hydrogen-bond acceptors (Lipinski definition) is 5. The van der Waals surface area contributed by atoms with E-state index in [-0.39, 0.29) is 11.9 Å². The maximum Gasteiger partial charge on any atom is 0.266 e. The minimum absolute atomic E-state index is 0.0176. The van der Waals surface area contributed by atoms with Crippen molar-refractivity contribution in [2.75, 3.05) is 7.05 Å². The molecule has 2 aromatic carbocycles. The average molecular weight is 491 g/mol. The quantitative estimate of drug-likeness (QED) is 0.350. The minimum Gasteiger partial charge on any atom is -0.331 e. The predicted octanol–water partition coefficient (Wildman–Crippen LogP) is 6.18. The third kappa shape index (κ3) is 4.71. The van der Waals surface area contributed by atoms with Gasteiger partial charge in [0, 0.05) is 46.7 Å². The molecule has 0 spiro atoms. The largest absolute Gasteiger partial charge is 0.331 e. The predicted molar refractivity (Wildman–Crippen MR) is 139 cm³/mol. The molecule has 5 nitrogen and oxygen atoms in total. The lowest BCUT2D eigenvalue weighted by atomic mass is 9.89. The summed E-state index contributed by atoms with van der Waals surface area (Å²) in [5, 5.41) is 4.90. The van der Waals surface area contributed by atoms with Gasteiger partial charge in [-0.2, -0.15) is 0 Å². The molecule has 34 heavy (non-hydrogen) atoms. The Morgan fingerprint density at radius 2 is 1.94 bits per heavy atom. The Bertz CT molecular complexity index is 1280. The van der Waals surface area contributed by atoms with Crippen LogP contribution in [0, 0.1) is 0 Å². The van der Waals surface area contributed by atoms with Crippen molar-refractivity contribution in [3.05, 3.63) is 82.6 Å². The molecule has 1 aliphatic carbocycles. The highest BCUT2D eigenvalue weighted by Crippen LogP contribution is 2.37. The number of carbonyl (C=O) groups excluding carboxylic acids is 1. The molecule has 174 valence electrons. The van der Waals surface area contributed by atoms with Gasteiger partial charge in [0.25, 0.3) is 5.91 Å². The van der Waals surface area contributed by atoms with E-state index in [1.807, 2.05) is 48.3 Å². The second kappa shape index (κ2) is 10.2. The molecule has 2 heterocycles. The van der Waals surface area contributed by atoms with Crippen molar-refractivity contribution in [3.63, 3.8) is 0 Å². The Morgan fingerprint density at radius 3 is 2.68 bits per heavy atom. The van der Waals surface area contributed by atoms with Gasteiger partial charge in [0.2, 0.25) is 0 Å². The number of benzene rings is 2. The van der Waals surface area contributed by atoms with Gasteiger partial charge in [0.1, 0.15) is 4.88 Å². The molecule has 1 N–H and O–H groups in total. The molecular formula is C27H27ClN4OS. The zero-order valence-corrected chi connectivity index (χ0v) is 20.6. The number of aromatic nitrogens is 2. The third-order valence-electron chi connectivity index (χ3n) is 6.67. The van der Waals surface area contributed by atoms with E-state index in [0.717, 1.165) is 52.6 Å². The number of rotatable bonds is 6. The van der Waals surface area contributed by atoms with Crippen LogP contribution in [-0.4, -0.2) is 39.9 Å². The van der Waals surface area contributed by atoms with Crippen LogP contribution in [0.4, 0.5) is 0 Å². The van der Waals surface area contributed by atoms with Crippen molar-refractivity contribution in [3.8, 4) is 11.3 Å². The SMILES string of the molecule is CNC1CCC(N(Cc2cccc(-c3cnccn3)c2)C(=O)c2sc3ccccc3c2Cl)CC1. The van der Waals surface area contributed by atoms with Gasteiger partial charge in [-0.3, -0.25) is 14.8 Å². The van der Waals surface area contributed by atoms with E-state index in [4.69, 9.17) is 11.6 Å². The zero-order valence-electron chi connectivity index (χ0n) is 19.1. The number of halogens is 1. The standard InChI is InChI=1S/C27H27ClN4OS/c1-29-20-9-11-21(12-10-20)32(27(33)26-25(28)22-7-2-3-8-24(22)34-26)17-18-5-4-6-19(15-18)23-16-30-13-14-31-23/h2-8,13-16,20-21,29H,9-12,17H2,1H3. The monoisotopic (exact) mass is 490 g/mol. The molecule has 1 saturated carbocycles. The fourth-order valence-electron chi connectivity index (χ4n) is 4.80. The molecule has 0 unspecified atom stereocenters. The van der Waals surface area contributed by atoms with Gasteiger partial charge in [-0.1, -0.05) is 48.0 Å². The van der Waals surface area contributed by atoms with Crippen molar-refractivity contribution in [2.24, 2.45) is 0 Å². The molecule has 0 atom stereocenters. The summed E-state index contributed by atoms with van der Waals surface area (Å²) in [4.78, 5) is 25.2. The van der Waals surface area contributed by atoms with Gasteiger partial charge in [0.05, 0.1) is 16.9 Å². The Kier molecular flexibility index (Phi) is 6.90. The molecule has 0 aliphatic heterocycles. The first-order valence-corrected chi connectivity index (χ1v) is 12.8. The van der Waals surface area contributed by atoms with Crippen molar-refractivity contribution < 1.29 is 4.79 Å². The van der Waals surface area contributed by atoms with E-state index in [1.54, 1.807) is 18.6 Å². The molecule has 4 aromatic rings. The lowest BCUT2D eigenvalue weighted by Gasteiger charge is -2.37. The van der Waals surface area contributed by atoms with Crippen LogP contribution in [0.5, 0.6) is 0 Å². The molecule has 0 saturated heterocycles. The summed E-state index contributed by atoms with van der Waals surface area (Å²) in [5.41, 5.74) is 2.89. The number of carbonyl (C=O) groups is 1. The van der Waals surface area contributed by atoms with Crippen molar-refractivity contribution >= 4 is 38.9 Å². The van der Waals surface area contributed by atoms with Crippen LogP contribution in [0.1, 0.15) is 40.9 Å². The van der Waals surface area contributed by atoms with Gasteiger partial charge in [-0.05, 0) is 50.4 Å². The smallest absolute Gasteiger partial charge is 0.266 e. The molecular weight excluding hydrogens is 464 g/mol. The maximum absolute atomic E-state index is 14.0. The third-order valence-corrected chi connectivity index (χ3v) is 8.34. The lowest BCUT2D eigenvalue weighted by Crippen LogP contribution is -2.44. The number of nitrogens with one attached hydrogen (secondary N) is 1. The van der Waals surface area contributed by atoms with Crippen LogP contribution in [0.25, 0.3) is 21.3 Å². The van der Waals surface area contributed by atoms with Crippen LogP contribution in [0.3, 0.4) is 0 Å². The Morgan fingerprint density at radius 1 is 1.12 bits per heavy atom. The number of fused-ring (bicyclic) bond motifs is 1. The number of thiophene rings is 1. The summed E-state index contributed by atoms with van der Waals surface area (Å²) in [5.74, 6) is 0.0176. The average Bonchev–Trinajstić information content (AvgIpc) is 3.24. The minimum atomic E-state index is 0.0176. The first-order valence-electron chi connectivity index (χ1n) is 11.6. The van der Waals surface area contributed by atoms with E-state index in [1.165, 1.54) is 11.3 Å². The van der Waals surface area contributed by atoms with Crippen LogP contribution in [0.2, 0.25) is 5.02 Å². The summed E-state index contributed by atoms with van der Waals surface area (Å²) in [7, 11) is 2.02. The van der Waals surface area contributed by atoms with Gasteiger partial charge >= 0.3 is 0 Å². The molecule has 2 aromatic heterocycles. The fourth-order valence-corrected chi connectivity index (χ4v) is 6.27. The summed E-state index contributed by atoms with van der Waals surface area (Å²) in [6.45, 7) is 0.534. The van der Waals surface area contributed by atoms with Crippen LogP contribution in [-0.2, 0) is 6.54 Å². The van der Waals surface area contributed by atoms with E-state index < -0.39 is 0 Å². The zero-order chi connectivity index (χ0) is 23.5. The van der Waals surface area contributed by atoms with Crippen LogP contribution >= 0.6 is 22.9 Å². The lowest BCUT2D eigenvalue weighted by molar-refractivity contribution is 0.0606. The topological polar surface area (TPSA) is 58.1 Å². The Labute approximate surface area is 208 Å². The first-order chi connectivity index (χ1) is 16.6.